The summed E-state index contributed by atoms with van der Waals surface area (Å²) < 4.78 is 5.35. The van der Waals surface area contributed by atoms with Gasteiger partial charge in [0.1, 0.15) is 5.75 Å². The van der Waals surface area contributed by atoms with Crippen LogP contribution in [0, 0.1) is 11.8 Å². The van der Waals surface area contributed by atoms with Gasteiger partial charge in [-0.3, -0.25) is 15.3 Å². The molecule has 0 spiro atoms. The minimum atomic E-state index is -0.482. The molecule has 7 rings (SSSR count). The molecule has 8 N–H and O–H groups in total. The number of allylic oxidation sites excluding steroid dienone is 7. The molecule has 1 aromatic rings. The van der Waals surface area contributed by atoms with Crippen molar-refractivity contribution in [1.29, 1.82) is 0 Å². The van der Waals surface area contributed by atoms with E-state index in [2.05, 4.69) is 178 Å². The highest BCUT2D eigenvalue weighted by atomic mass is 16.6. The number of aliphatic imine (C=N–C) groups is 8. The van der Waals surface area contributed by atoms with Crippen LogP contribution < -0.4 is 47.3 Å². The predicted octanol–water partition coefficient (Wildman–Crippen LogP) is 18.9. The van der Waals surface area contributed by atoms with Gasteiger partial charge in [-0.1, -0.05) is 181 Å². The van der Waals surface area contributed by atoms with Crippen molar-refractivity contribution < 1.29 is 9.53 Å². The van der Waals surface area contributed by atoms with Crippen LogP contribution >= 0.6 is 0 Å². The number of ether oxygens (including phenoxy) is 1. The summed E-state index contributed by atoms with van der Waals surface area (Å²) in [6, 6.07) is 11.7. The Balaban J connectivity index is 0.000000516. The molecule has 0 saturated heterocycles. The third kappa shape index (κ3) is 54.0. The maximum Gasteiger partial charge on any atom is 0.419 e. The topological polar surface area (TPSA) is 247 Å². The van der Waals surface area contributed by atoms with Crippen LogP contribution in [0.3, 0.4) is 0 Å². The Hall–Kier alpha value is -8.97. The van der Waals surface area contributed by atoms with Gasteiger partial charge in [-0.25, -0.2) is 34.7 Å². The van der Waals surface area contributed by atoms with Crippen molar-refractivity contribution in [1.82, 2.24) is 81.7 Å². The van der Waals surface area contributed by atoms with Crippen LogP contribution in [0.4, 0.5) is 4.79 Å². The summed E-state index contributed by atoms with van der Waals surface area (Å²) in [4.78, 5) is 67.1. The fraction of sp³-hybridized carbons (Fsp3) is 0.707. The largest absolute Gasteiger partial charge is 0.419 e. The molecule has 0 aromatic heterocycles. The number of carbonyl (C=O) groups excluding carboxylic acids is 1. The number of amides is 1. The molecule has 1 aromatic carbocycles. The highest BCUT2D eigenvalue weighted by Crippen LogP contribution is 2.44. The summed E-state index contributed by atoms with van der Waals surface area (Å²) in [5.74, 6) is 9.15. The summed E-state index contributed by atoms with van der Waals surface area (Å²) in [6.07, 6.45) is 60.1. The van der Waals surface area contributed by atoms with E-state index in [1.807, 2.05) is 186 Å². The molecule has 125 heavy (non-hydrogen) atoms. The number of fused-ring (bicyclic) bond motifs is 1. The van der Waals surface area contributed by atoms with Crippen LogP contribution in [0.15, 0.2) is 154 Å². The van der Waals surface area contributed by atoms with E-state index in [1.54, 1.807) is 18.3 Å². The Bertz CT molecular complexity index is 3340. The highest BCUT2D eigenvalue weighted by molar-refractivity contribution is 5.95. The molecule has 6 aliphatic rings. The molecule has 26 heteroatoms. The van der Waals surface area contributed by atoms with Crippen molar-refractivity contribution in [3.05, 3.63) is 114 Å². The van der Waals surface area contributed by atoms with Gasteiger partial charge in [0.05, 0.1) is 24.2 Å². The van der Waals surface area contributed by atoms with Crippen LogP contribution in [0.5, 0.6) is 5.75 Å². The Morgan fingerprint density at radius 1 is 0.368 bits per heavy atom. The molecule has 6 saturated carbocycles. The fourth-order valence-electron chi connectivity index (χ4n) is 15.8. The molecule has 0 bridgehead atoms. The first-order valence-electron chi connectivity index (χ1n) is 47.5. The Morgan fingerprint density at radius 3 is 1.08 bits per heavy atom. The summed E-state index contributed by atoms with van der Waals surface area (Å²) in [7, 11) is 33.1. The molecule has 2 atom stereocenters. The Kier molecular flexibility index (Phi) is 61.2. The van der Waals surface area contributed by atoms with E-state index < -0.39 is 6.09 Å². The molecular formula is C99H182N24O2. The lowest BCUT2D eigenvalue weighted by molar-refractivity contribution is 0.123. The molecule has 0 heterocycles. The quantitative estimate of drug-likeness (QED) is 0.0272. The zero-order chi connectivity index (χ0) is 92.7. The number of hydrogen-bond donors (Lipinski definition) is 8. The number of carbonyl (C=O) groups is 1. The summed E-state index contributed by atoms with van der Waals surface area (Å²) in [5, 5.41) is 25.6. The summed E-state index contributed by atoms with van der Waals surface area (Å²) in [6.45, 7) is 24.1. The lowest BCUT2D eigenvalue weighted by Crippen LogP contribution is -2.48. The van der Waals surface area contributed by atoms with E-state index in [0.29, 0.717) is 59.8 Å². The van der Waals surface area contributed by atoms with Crippen molar-refractivity contribution in [3.63, 3.8) is 0 Å². The molecular weight excluding hydrogens is 1560 g/mol. The second kappa shape index (κ2) is 68.3. The third-order valence-corrected chi connectivity index (χ3v) is 21.6. The number of rotatable bonds is 24. The Morgan fingerprint density at radius 2 is 0.720 bits per heavy atom. The van der Waals surface area contributed by atoms with E-state index in [0.717, 1.165) is 86.0 Å². The van der Waals surface area contributed by atoms with Gasteiger partial charge >= 0.3 is 6.09 Å². The van der Waals surface area contributed by atoms with E-state index in [9.17, 15) is 4.79 Å². The minimum absolute atomic E-state index is 0.303. The van der Waals surface area contributed by atoms with Gasteiger partial charge in [0.25, 0.3) is 0 Å². The number of unbranched alkanes of at least 4 members (excludes halogenated alkanes) is 6. The van der Waals surface area contributed by atoms with Gasteiger partial charge in [-0.15, -0.1) is 0 Å². The number of nitrogens with one attached hydrogen (secondary N) is 8. The first-order chi connectivity index (χ1) is 59.8. The summed E-state index contributed by atoms with van der Waals surface area (Å²) >= 11 is 0. The molecule has 2 unspecified atom stereocenters. The molecule has 710 valence electrons. The monoisotopic (exact) mass is 1740 g/mol. The third-order valence-electron chi connectivity index (χ3n) is 21.6. The highest BCUT2D eigenvalue weighted by Gasteiger charge is 2.42. The summed E-state index contributed by atoms with van der Waals surface area (Å²) in [5.41, 5.74) is 4.84. The first-order valence-corrected chi connectivity index (χ1v) is 47.5. The van der Waals surface area contributed by atoms with Gasteiger partial charge in [-0.05, 0) is 197 Å². The van der Waals surface area contributed by atoms with Crippen molar-refractivity contribution in [3.8, 4) is 5.75 Å². The van der Waals surface area contributed by atoms with E-state index >= 15 is 0 Å². The average molecular weight is 1740 g/mol. The van der Waals surface area contributed by atoms with Gasteiger partial charge < -0.3 is 81.2 Å². The smallest absolute Gasteiger partial charge is 0.410 e. The van der Waals surface area contributed by atoms with Crippen molar-refractivity contribution >= 4 is 53.8 Å². The van der Waals surface area contributed by atoms with Gasteiger partial charge in [0.2, 0.25) is 17.9 Å². The zero-order valence-corrected chi connectivity index (χ0v) is 84.0. The van der Waals surface area contributed by atoms with E-state index in [1.165, 1.54) is 203 Å². The number of nitrogens with zero attached hydrogens (tertiary/aromatic N) is 16. The second-order valence-electron chi connectivity index (χ2n) is 36.5. The van der Waals surface area contributed by atoms with Gasteiger partial charge in [-0.2, -0.15) is 0 Å². The van der Waals surface area contributed by atoms with Crippen LogP contribution in [0.2, 0.25) is 0 Å². The molecule has 1 amide bonds. The van der Waals surface area contributed by atoms with Crippen molar-refractivity contribution in [2.75, 3.05) is 126 Å². The zero-order valence-electron chi connectivity index (χ0n) is 84.0. The normalized spacial score (nSPS) is 17.7. The van der Waals surface area contributed by atoms with E-state index in [-0.39, 0.29) is 0 Å². The fourth-order valence-corrected chi connectivity index (χ4v) is 15.8. The number of benzene rings is 1. The molecule has 0 radical (unpaired) electrons. The van der Waals surface area contributed by atoms with Crippen LogP contribution in [-0.4, -0.2) is 255 Å². The van der Waals surface area contributed by atoms with Crippen molar-refractivity contribution in [2.45, 2.75) is 324 Å². The standard InChI is InChI=1S/C20H40N6.C20H29N3O2.C19H42N6.C17H31N3.C13H23N3.C10H17N3/c1-23(2)19(24(3)4)21-16-13-9-11-15-12-10-14-17(18(15)16)22-20(25(5)6)26(7)8;24-20(25-18-14-8-3-9-15-18)23-19(21-16-10-4-1-5-11-16)22-17-12-6-2-7-13-17;1-22(2)18(23(3)4)20-16-14-12-10-9-11-13-15-17-21-19(24(5)6)25(7)8;1-14(2)13-18-17(19-15-9-5-3-6-10-15)20-16-11-7-4-8-12-16;1-10(2)7-14-13(15-8-11(3)4)16-9-12(5)6;1-4-7-11-10(12-8-5-2)13-9-6-3/h15-18H,9-14H2,1-8H3;3,8-9,14-17H,1-2,4-7,10-13H2,(H2,21,22,23,24);9-17H2,1-8H3;13,15-16H,3-12H2,1-2H3,(H2,18,19,20);7-9H,1-6H3,(H2,14,15,16);4-9H,1-3H3,(H2,11,12,13)/b;;;;;7-4-,8-5+,9-6+. The maximum atomic E-state index is 12.3. The lowest BCUT2D eigenvalue weighted by Gasteiger charge is -2.44. The number of para-hydroxylation sites is 1. The van der Waals surface area contributed by atoms with E-state index in [4.69, 9.17) is 24.7 Å². The first kappa shape index (κ1) is 112. The molecule has 6 fully saturated rings. The molecule has 6 aliphatic carbocycles. The molecule has 0 aliphatic heterocycles. The Labute approximate surface area is 762 Å². The van der Waals surface area contributed by atoms with Gasteiger partial charge in [0.15, 0.2) is 29.8 Å². The SMILES string of the molecule is C/C=C\N=C(N/C=C/C)N/C=C/C.CC(C)=CN=C(NC=C(C)C)NC=C(C)C.CC(C)=CNC(=NC1CCCCC1)NC1CCCCC1.CN(C)C(=NC1CCCC2CCCC(N=C(N(C)C)N(C)C)C21)N(C)C.CN(C)C(=NCCCCCCCCCN=C(N(C)C)N(C)C)N(C)C.O=C(NC(=NC1CCCCC1)NC1CCCCC1)Oc1ccccc1. The van der Waals surface area contributed by atoms with Crippen LogP contribution in [0.1, 0.15) is 288 Å². The van der Waals surface area contributed by atoms with Gasteiger partial charge in [0, 0.05) is 175 Å². The van der Waals surface area contributed by atoms with Crippen LogP contribution in [-0.2, 0) is 0 Å². The number of hydrogen-bond acceptors (Lipinski definition) is 10. The van der Waals surface area contributed by atoms with Crippen molar-refractivity contribution in [2.24, 2.45) is 51.8 Å². The second-order valence-corrected chi connectivity index (χ2v) is 36.5. The average Bonchev–Trinajstić information content (AvgIpc) is 0.790. The minimum Gasteiger partial charge on any atom is -0.410 e. The predicted molar refractivity (Wildman–Crippen MR) is 540 cm³/mol. The lowest BCUT2D eigenvalue weighted by atomic mass is 9.66. The van der Waals surface area contributed by atoms with Crippen LogP contribution in [0.25, 0.3) is 0 Å². The number of guanidine groups is 8. The molecule has 26 nitrogen and oxygen atoms in total. The maximum absolute atomic E-state index is 12.3.